The third-order valence-electron chi connectivity index (χ3n) is 2.85. The van der Waals surface area contributed by atoms with Crippen LogP contribution in [-0.4, -0.2) is 57.5 Å². The van der Waals surface area contributed by atoms with Crippen LogP contribution in [0.5, 0.6) is 0 Å². The molecule has 2 heterocycles. The zero-order chi connectivity index (χ0) is 14.8. The fourth-order valence-electron chi connectivity index (χ4n) is 1.96. The van der Waals surface area contributed by atoms with E-state index < -0.39 is 17.9 Å². The van der Waals surface area contributed by atoms with Crippen LogP contribution in [0.25, 0.3) is 0 Å². The normalized spacial score (nSPS) is 19.9. The van der Waals surface area contributed by atoms with E-state index in [1.807, 2.05) is 20.8 Å². The van der Waals surface area contributed by atoms with Crippen molar-refractivity contribution in [3.05, 3.63) is 18.6 Å². The minimum atomic E-state index is -0.812. The van der Waals surface area contributed by atoms with E-state index in [4.69, 9.17) is 4.74 Å². The van der Waals surface area contributed by atoms with E-state index in [0.717, 1.165) is 0 Å². The van der Waals surface area contributed by atoms with E-state index in [0.29, 0.717) is 18.9 Å². The molecule has 1 amide bonds. The van der Waals surface area contributed by atoms with Crippen LogP contribution in [0.1, 0.15) is 20.8 Å². The number of nitrogens with zero attached hydrogens (tertiary/aromatic N) is 4. The lowest BCUT2D eigenvalue weighted by Crippen LogP contribution is -2.55. The highest BCUT2D eigenvalue weighted by Crippen LogP contribution is 2.17. The molecule has 1 atom stereocenters. The second-order valence-electron chi connectivity index (χ2n) is 5.66. The van der Waals surface area contributed by atoms with E-state index in [9.17, 15) is 9.90 Å². The molecule has 1 N–H and O–H groups in total. The Bertz CT molecular complexity index is 460. The molecule has 1 fully saturated rings. The average molecular weight is 280 g/mol. The van der Waals surface area contributed by atoms with E-state index in [1.54, 1.807) is 23.5 Å². The predicted molar refractivity (Wildman–Crippen MR) is 73.2 cm³/mol. The van der Waals surface area contributed by atoms with Gasteiger partial charge in [-0.15, -0.1) is 0 Å². The minimum Gasteiger partial charge on any atom is -0.444 e. The number of hydrogen-bond donors (Lipinski definition) is 1. The molecule has 1 aromatic heterocycles. The van der Waals surface area contributed by atoms with E-state index in [2.05, 4.69) is 9.97 Å². The number of aliphatic hydroxyl groups is 1. The Morgan fingerprint density at radius 2 is 2.15 bits per heavy atom. The van der Waals surface area contributed by atoms with Crippen LogP contribution < -0.4 is 4.90 Å². The number of piperazine rings is 1. The van der Waals surface area contributed by atoms with Crippen molar-refractivity contribution in [2.75, 3.05) is 24.5 Å². The molecule has 1 aliphatic heterocycles. The number of amides is 1. The van der Waals surface area contributed by atoms with Gasteiger partial charge >= 0.3 is 6.09 Å². The van der Waals surface area contributed by atoms with Gasteiger partial charge in [0.05, 0.1) is 12.7 Å². The molecule has 7 heteroatoms. The second-order valence-corrected chi connectivity index (χ2v) is 5.66. The van der Waals surface area contributed by atoms with Crippen molar-refractivity contribution in [1.82, 2.24) is 14.9 Å². The first-order valence-electron chi connectivity index (χ1n) is 6.55. The summed E-state index contributed by atoms with van der Waals surface area (Å²) < 4.78 is 5.30. The lowest BCUT2D eigenvalue weighted by atomic mass is 10.2. The van der Waals surface area contributed by atoms with Crippen molar-refractivity contribution in [3.63, 3.8) is 0 Å². The zero-order valence-electron chi connectivity index (χ0n) is 12.0. The maximum absolute atomic E-state index is 11.9. The summed E-state index contributed by atoms with van der Waals surface area (Å²) in [5.74, 6) is 0.601. The molecule has 0 radical (unpaired) electrons. The van der Waals surface area contributed by atoms with Crippen LogP contribution >= 0.6 is 0 Å². The first-order valence-corrected chi connectivity index (χ1v) is 6.55. The number of hydrogen-bond acceptors (Lipinski definition) is 6. The molecule has 0 aliphatic carbocycles. The number of β-amino-alcohol motifs (C(OH)–C–C–N with tert-alkyl or cyclic N) is 1. The summed E-state index contributed by atoms with van der Waals surface area (Å²) in [4.78, 5) is 23.3. The van der Waals surface area contributed by atoms with Crippen LogP contribution in [0.15, 0.2) is 18.6 Å². The molecule has 1 aromatic rings. The molecule has 0 bridgehead atoms. The number of rotatable bonds is 1. The van der Waals surface area contributed by atoms with Gasteiger partial charge in [-0.05, 0) is 20.8 Å². The molecule has 1 unspecified atom stereocenters. The van der Waals surface area contributed by atoms with Crippen LogP contribution in [-0.2, 0) is 4.74 Å². The summed E-state index contributed by atoms with van der Waals surface area (Å²) in [6.45, 7) is 6.60. The van der Waals surface area contributed by atoms with Crippen LogP contribution in [0.2, 0.25) is 0 Å². The Labute approximate surface area is 118 Å². The smallest absolute Gasteiger partial charge is 0.410 e. The fraction of sp³-hybridized carbons (Fsp3) is 0.615. The predicted octanol–water partition coefficient (Wildman–Crippen LogP) is 0.852. The van der Waals surface area contributed by atoms with E-state index in [1.165, 1.54) is 4.90 Å². The molecule has 1 aliphatic rings. The largest absolute Gasteiger partial charge is 0.444 e. The standard InChI is InChI=1S/C13H20N4O3/c1-13(2,3)20-12(19)16-6-7-17(11(18)9-16)10-8-14-4-5-15-10/h4-5,8,11,18H,6-7,9H2,1-3H3. The number of carbonyl (C=O) groups excluding carboxylic acids is 1. The summed E-state index contributed by atoms with van der Waals surface area (Å²) in [6, 6.07) is 0. The van der Waals surface area contributed by atoms with Gasteiger partial charge in [-0.2, -0.15) is 0 Å². The second kappa shape index (κ2) is 5.62. The highest BCUT2D eigenvalue weighted by atomic mass is 16.6. The van der Waals surface area contributed by atoms with Crippen molar-refractivity contribution in [2.45, 2.75) is 32.6 Å². The molecule has 0 spiro atoms. The molecule has 20 heavy (non-hydrogen) atoms. The number of carbonyl (C=O) groups is 1. The van der Waals surface area contributed by atoms with Crippen LogP contribution in [0.3, 0.4) is 0 Å². The molecule has 0 aromatic carbocycles. The summed E-state index contributed by atoms with van der Waals surface area (Å²) in [5.41, 5.74) is -0.538. The Kier molecular flexibility index (Phi) is 4.08. The van der Waals surface area contributed by atoms with Gasteiger partial charge in [0.1, 0.15) is 17.6 Å². The molecular formula is C13H20N4O3. The third-order valence-corrected chi connectivity index (χ3v) is 2.85. The monoisotopic (exact) mass is 280 g/mol. The lowest BCUT2D eigenvalue weighted by molar-refractivity contribution is 0.00722. The van der Waals surface area contributed by atoms with Gasteiger partial charge < -0.3 is 19.6 Å². The fourth-order valence-corrected chi connectivity index (χ4v) is 1.96. The molecule has 1 saturated heterocycles. The number of anilines is 1. The van der Waals surface area contributed by atoms with Crippen molar-refractivity contribution < 1.29 is 14.6 Å². The quantitative estimate of drug-likeness (QED) is 0.821. The van der Waals surface area contributed by atoms with Gasteiger partial charge in [0, 0.05) is 25.5 Å². The van der Waals surface area contributed by atoms with Gasteiger partial charge in [0.2, 0.25) is 0 Å². The molecule has 0 saturated carbocycles. The van der Waals surface area contributed by atoms with Gasteiger partial charge in [-0.25, -0.2) is 9.78 Å². The summed E-state index contributed by atoms with van der Waals surface area (Å²) in [7, 11) is 0. The lowest BCUT2D eigenvalue weighted by Gasteiger charge is -2.39. The van der Waals surface area contributed by atoms with Crippen molar-refractivity contribution in [2.24, 2.45) is 0 Å². The minimum absolute atomic E-state index is 0.186. The Hall–Kier alpha value is -1.89. The number of aromatic nitrogens is 2. The van der Waals surface area contributed by atoms with Gasteiger partial charge in [-0.1, -0.05) is 0 Å². The van der Waals surface area contributed by atoms with E-state index in [-0.39, 0.29) is 6.54 Å². The molecular weight excluding hydrogens is 260 g/mol. The maximum atomic E-state index is 11.9. The summed E-state index contributed by atoms with van der Waals surface area (Å²) in [5, 5.41) is 10.1. The van der Waals surface area contributed by atoms with Crippen molar-refractivity contribution in [3.8, 4) is 0 Å². The topological polar surface area (TPSA) is 78.8 Å². The number of aliphatic hydroxyl groups excluding tert-OH is 1. The van der Waals surface area contributed by atoms with Crippen LogP contribution in [0, 0.1) is 0 Å². The molecule has 2 rings (SSSR count). The number of ether oxygens (including phenoxy) is 1. The summed E-state index contributed by atoms with van der Waals surface area (Å²) in [6.07, 6.45) is 3.52. The first-order chi connectivity index (χ1) is 9.37. The SMILES string of the molecule is CC(C)(C)OC(=O)N1CCN(c2cnccn2)C(O)C1. The third kappa shape index (κ3) is 3.57. The highest BCUT2D eigenvalue weighted by molar-refractivity contribution is 5.68. The molecule has 110 valence electrons. The van der Waals surface area contributed by atoms with Crippen molar-refractivity contribution in [1.29, 1.82) is 0 Å². The molecule has 7 nitrogen and oxygen atoms in total. The van der Waals surface area contributed by atoms with E-state index >= 15 is 0 Å². The van der Waals surface area contributed by atoms with Crippen molar-refractivity contribution >= 4 is 11.9 Å². The van der Waals surface area contributed by atoms with Crippen LogP contribution in [0.4, 0.5) is 10.6 Å². The highest BCUT2D eigenvalue weighted by Gasteiger charge is 2.31. The van der Waals surface area contributed by atoms with Gasteiger partial charge in [0.25, 0.3) is 0 Å². The Balaban J connectivity index is 1.97. The Morgan fingerprint density at radius 1 is 1.40 bits per heavy atom. The maximum Gasteiger partial charge on any atom is 0.410 e. The first kappa shape index (κ1) is 14.5. The zero-order valence-corrected chi connectivity index (χ0v) is 12.0. The Morgan fingerprint density at radius 3 is 2.70 bits per heavy atom. The summed E-state index contributed by atoms with van der Waals surface area (Å²) >= 11 is 0. The van der Waals surface area contributed by atoms with Gasteiger partial charge in [-0.3, -0.25) is 4.98 Å². The average Bonchev–Trinajstić information content (AvgIpc) is 2.37. The van der Waals surface area contributed by atoms with Gasteiger partial charge in [0.15, 0.2) is 0 Å².